The van der Waals surface area contributed by atoms with Crippen molar-refractivity contribution in [1.29, 1.82) is 0 Å². The van der Waals surface area contributed by atoms with E-state index in [0.29, 0.717) is 6.04 Å². The van der Waals surface area contributed by atoms with Gasteiger partial charge in [0.05, 0.1) is 11.6 Å². The van der Waals surface area contributed by atoms with Crippen LogP contribution in [0.25, 0.3) is 0 Å². The molecule has 1 saturated heterocycles. The van der Waals surface area contributed by atoms with E-state index in [4.69, 9.17) is 4.74 Å². The summed E-state index contributed by atoms with van der Waals surface area (Å²) in [4.78, 5) is 2.43. The molecule has 1 aliphatic heterocycles. The molecule has 0 saturated carbocycles. The van der Waals surface area contributed by atoms with Crippen LogP contribution in [0.15, 0.2) is 22.7 Å². The van der Waals surface area contributed by atoms with Crippen molar-refractivity contribution in [3.05, 3.63) is 22.7 Å². The molecule has 1 unspecified atom stereocenters. The van der Waals surface area contributed by atoms with Crippen LogP contribution >= 0.6 is 15.9 Å². The van der Waals surface area contributed by atoms with Gasteiger partial charge < -0.3 is 20.3 Å². The van der Waals surface area contributed by atoms with Crippen LogP contribution in [0, 0.1) is 0 Å². The second-order valence-electron chi connectivity index (χ2n) is 4.90. The number of piperazine rings is 1. The predicted molar refractivity (Wildman–Crippen MR) is 83.1 cm³/mol. The van der Waals surface area contributed by atoms with E-state index in [-0.39, 0.29) is 0 Å². The van der Waals surface area contributed by atoms with Gasteiger partial charge in [-0.2, -0.15) is 0 Å². The molecule has 19 heavy (non-hydrogen) atoms. The lowest BCUT2D eigenvalue weighted by Crippen LogP contribution is -2.49. The van der Waals surface area contributed by atoms with Crippen molar-refractivity contribution in [3.8, 4) is 5.75 Å². The maximum Gasteiger partial charge on any atom is 0.133 e. The molecule has 106 valence electrons. The zero-order chi connectivity index (χ0) is 13.7. The molecule has 1 aliphatic rings. The van der Waals surface area contributed by atoms with Gasteiger partial charge in [0.1, 0.15) is 5.75 Å². The lowest BCUT2D eigenvalue weighted by Gasteiger charge is -2.33. The summed E-state index contributed by atoms with van der Waals surface area (Å²) in [6, 6.07) is 6.71. The highest BCUT2D eigenvalue weighted by atomic mass is 79.9. The van der Waals surface area contributed by atoms with Crippen LogP contribution in [0.3, 0.4) is 0 Å². The average Bonchev–Trinajstić information content (AvgIpc) is 2.41. The van der Waals surface area contributed by atoms with Gasteiger partial charge in [-0.15, -0.1) is 0 Å². The monoisotopic (exact) mass is 327 g/mol. The maximum atomic E-state index is 5.22. The van der Waals surface area contributed by atoms with E-state index in [1.165, 1.54) is 0 Å². The topological polar surface area (TPSA) is 36.5 Å². The van der Waals surface area contributed by atoms with Gasteiger partial charge in [0.25, 0.3) is 0 Å². The second-order valence-corrected chi connectivity index (χ2v) is 5.76. The summed E-state index contributed by atoms with van der Waals surface area (Å²) in [6.45, 7) is 4.31. The largest absolute Gasteiger partial charge is 0.496 e. The van der Waals surface area contributed by atoms with Crippen LogP contribution < -0.4 is 15.4 Å². The Morgan fingerprint density at radius 2 is 2.37 bits per heavy atom. The van der Waals surface area contributed by atoms with Gasteiger partial charge in [-0.1, -0.05) is 0 Å². The first kappa shape index (κ1) is 14.6. The molecule has 2 N–H and O–H groups in total. The molecule has 1 heterocycles. The molecule has 1 aromatic carbocycles. The van der Waals surface area contributed by atoms with Crippen molar-refractivity contribution in [2.24, 2.45) is 0 Å². The number of nitrogens with zero attached hydrogens (tertiary/aromatic N) is 1. The third kappa shape index (κ3) is 4.09. The summed E-state index contributed by atoms with van der Waals surface area (Å²) in [7, 11) is 3.88. The fourth-order valence-electron chi connectivity index (χ4n) is 2.34. The van der Waals surface area contributed by atoms with Crippen molar-refractivity contribution in [3.63, 3.8) is 0 Å². The summed E-state index contributed by atoms with van der Waals surface area (Å²) in [6.07, 6.45) is 1.15. The second kappa shape index (κ2) is 7.12. The van der Waals surface area contributed by atoms with Crippen LogP contribution in [0.5, 0.6) is 5.75 Å². The average molecular weight is 328 g/mol. The molecule has 0 aromatic heterocycles. The number of nitrogens with one attached hydrogen (secondary N) is 2. The van der Waals surface area contributed by atoms with E-state index in [1.54, 1.807) is 7.11 Å². The third-order valence-electron chi connectivity index (χ3n) is 3.60. The molecule has 0 radical (unpaired) electrons. The van der Waals surface area contributed by atoms with Gasteiger partial charge in [0.15, 0.2) is 0 Å². The Morgan fingerprint density at radius 1 is 1.53 bits per heavy atom. The molecule has 0 spiro atoms. The number of anilines is 1. The van der Waals surface area contributed by atoms with Crippen LogP contribution in [-0.4, -0.2) is 51.3 Å². The van der Waals surface area contributed by atoms with Crippen LogP contribution in [0.4, 0.5) is 5.69 Å². The SMILES string of the molecule is COc1ccc(NCCC2CNCCN2C)cc1Br. The fraction of sp³-hybridized carbons (Fsp3) is 0.571. The van der Waals surface area contributed by atoms with Crippen molar-refractivity contribution in [1.82, 2.24) is 10.2 Å². The number of hydrogen-bond donors (Lipinski definition) is 2. The summed E-state index contributed by atoms with van der Waals surface area (Å²) < 4.78 is 6.21. The highest BCUT2D eigenvalue weighted by Gasteiger charge is 2.17. The summed E-state index contributed by atoms with van der Waals surface area (Å²) in [5.74, 6) is 0.863. The van der Waals surface area contributed by atoms with Gasteiger partial charge in [0.2, 0.25) is 0 Å². The smallest absolute Gasteiger partial charge is 0.133 e. The van der Waals surface area contributed by atoms with Crippen LogP contribution in [0.2, 0.25) is 0 Å². The Hall–Kier alpha value is -0.780. The van der Waals surface area contributed by atoms with Gasteiger partial charge >= 0.3 is 0 Å². The first-order valence-electron chi connectivity index (χ1n) is 6.69. The Bertz CT molecular complexity index is 414. The molecule has 1 atom stereocenters. The molecular weight excluding hydrogens is 306 g/mol. The minimum absolute atomic E-state index is 0.628. The number of ether oxygens (including phenoxy) is 1. The summed E-state index contributed by atoms with van der Waals surface area (Å²) in [5, 5.41) is 6.91. The number of rotatable bonds is 5. The van der Waals surface area contributed by atoms with Crippen molar-refractivity contribution < 1.29 is 4.74 Å². The molecule has 0 bridgehead atoms. The summed E-state index contributed by atoms with van der Waals surface area (Å²) in [5.41, 5.74) is 1.12. The van der Waals surface area contributed by atoms with Crippen molar-refractivity contribution >= 4 is 21.6 Å². The molecule has 5 heteroatoms. The zero-order valence-corrected chi connectivity index (χ0v) is 13.2. The lowest BCUT2D eigenvalue weighted by molar-refractivity contribution is 0.194. The number of hydrogen-bond acceptors (Lipinski definition) is 4. The van der Waals surface area contributed by atoms with E-state index >= 15 is 0 Å². The Labute approximate surface area is 123 Å². The third-order valence-corrected chi connectivity index (χ3v) is 4.22. The molecular formula is C14H22BrN3O. The quantitative estimate of drug-likeness (QED) is 0.869. The molecule has 1 fully saturated rings. The van der Waals surface area contributed by atoms with Crippen molar-refractivity contribution in [2.75, 3.05) is 45.7 Å². The first-order chi connectivity index (χ1) is 9.20. The first-order valence-corrected chi connectivity index (χ1v) is 7.48. The van der Waals surface area contributed by atoms with Crippen molar-refractivity contribution in [2.45, 2.75) is 12.5 Å². The van der Waals surface area contributed by atoms with Gasteiger partial charge in [0, 0.05) is 37.9 Å². The van der Waals surface area contributed by atoms with Crippen LogP contribution in [0.1, 0.15) is 6.42 Å². The summed E-state index contributed by atoms with van der Waals surface area (Å²) >= 11 is 3.50. The Morgan fingerprint density at radius 3 is 3.05 bits per heavy atom. The molecule has 0 amide bonds. The number of halogens is 1. The number of likely N-dealkylation sites (N-methyl/N-ethyl adjacent to an activating group) is 1. The standard InChI is InChI=1S/C14H22BrN3O/c1-18-8-7-16-10-12(18)5-6-17-11-3-4-14(19-2)13(15)9-11/h3-4,9,12,16-17H,5-8,10H2,1-2H3. The maximum absolute atomic E-state index is 5.22. The fourth-order valence-corrected chi connectivity index (χ4v) is 2.89. The highest BCUT2D eigenvalue weighted by molar-refractivity contribution is 9.10. The van der Waals surface area contributed by atoms with E-state index in [1.807, 2.05) is 12.1 Å². The normalized spacial score (nSPS) is 20.3. The lowest BCUT2D eigenvalue weighted by atomic mass is 10.1. The van der Waals surface area contributed by atoms with Gasteiger partial charge in [-0.25, -0.2) is 0 Å². The minimum atomic E-state index is 0.628. The van der Waals surface area contributed by atoms with E-state index in [9.17, 15) is 0 Å². The van der Waals surface area contributed by atoms with Gasteiger partial charge in [-0.05, 0) is 47.6 Å². The predicted octanol–water partition coefficient (Wildman–Crippen LogP) is 2.16. The van der Waals surface area contributed by atoms with E-state index in [0.717, 1.165) is 48.5 Å². The van der Waals surface area contributed by atoms with Crippen LogP contribution in [-0.2, 0) is 0 Å². The van der Waals surface area contributed by atoms with Gasteiger partial charge in [-0.3, -0.25) is 0 Å². The number of methoxy groups -OCH3 is 1. The van der Waals surface area contributed by atoms with E-state index in [2.05, 4.69) is 44.6 Å². The molecule has 2 rings (SSSR count). The minimum Gasteiger partial charge on any atom is -0.496 e. The molecule has 1 aromatic rings. The van der Waals surface area contributed by atoms with E-state index < -0.39 is 0 Å². The Balaban J connectivity index is 1.80. The molecule has 4 nitrogen and oxygen atoms in total. The Kier molecular flexibility index (Phi) is 5.48. The highest BCUT2D eigenvalue weighted by Crippen LogP contribution is 2.27. The number of benzene rings is 1. The zero-order valence-electron chi connectivity index (χ0n) is 11.6. The molecule has 0 aliphatic carbocycles.